The molecule has 0 unspecified atom stereocenters. The number of aromatic nitrogens is 4. The zero-order chi connectivity index (χ0) is 20.5. The molecule has 7 nitrogen and oxygen atoms in total. The summed E-state index contributed by atoms with van der Waals surface area (Å²) in [6.07, 6.45) is 5.66. The Bertz CT molecular complexity index is 1290. The quantitative estimate of drug-likeness (QED) is 0.458. The first-order valence-corrected chi connectivity index (χ1v) is 10.1. The van der Waals surface area contributed by atoms with Crippen molar-refractivity contribution in [2.45, 2.75) is 0 Å². The number of hydrogen-bond donors (Lipinski definition) is 1. The van der Waals surface area contributed by atoms with E-state index in [1.807, 2.05) is 76.8 Å². The van der Waals surface area contributed by atoms with Crippen molar-refractivity contribution in [2.24, 2.45) is 0 Å². The molecule has 30 heavy (non-hydrogen) atoms. The number of hydrogen-bond acceptors (Lipinski definition) is 5. The second-order valence-electron chi connectivity index (χ2n) is 6.58. The molecule has 1 N–H and O–H groups in total. The highest BCUT2D eigenvalue weighted by atomic mass is 32.1. The van der Waals surface area contributed by atoms with Gasteiger partial charge in [0.1, 0.15) is 0 Å². The minimum atomic E-state index is -0.336. The van der Waals surface area contributed by atoms with Crippen molar-refractivity contribution < 1.29 is 9.53 Å². The molecule has 5 aromatic rings. The molecule has 0 fully saturated rings. The third-order valence-corrected chi connectivity index (χ3v) is 5.44. The highest BCUT2D eigenvalue weighted by Gasteiger charge is 2.18. The summed E-state index contributed by atoms with van der Waals surface area (Å²) in [5.41, 5.74) is 3.61. The van der Waals surface area contributed by atoms with Gasteiger partial charge in [0.2, 0.25) is 0 Å². The maximum Gasteiger partial charge on any atom is 0.280 e. The summed E-state index contributed by atoms with van der Waals surface area (Å²) in [5, 5.41) is 9.28. The number of fused-ring (bicyclic) bond motifs is 1. The Balaban J connectivity index is 1.36. The molecule has 5 rings (SSSR count). The van der Waals surface area contributed by atoms with Crippen LogP contribution >= 0.6 is 11.3 Å². The van der Waals surface area contributed by atoms with Crippen molar-refractivity contribution >= 4 is 27.9 Å². The average molecular weight is 415 g/mol. The Morgan fingerprint density at radius 1 is 1.07 bits per heavy atom. The van der Waals surface area contributed by atoms with Crippen LogP contribution in [0.2, 0.25) is 0 Å². The predicted octanol–water partition coefficient (Wildman–Crippen LogP) is 4.51. The number of para-hydroxylation sites is 1. The summed E-state index contributed by atoms with van der Waals surface area (Å²) in [6.45, 7) is 0. The number of nitrogens with zero attached hydrogens (tertiary/aromatic N) is 4. The topological polar surface area (TPSA) is 73.5 Å². The lowest BCUT2D eigenvalue weighted by molar-refractivity contribution is 0.101. The number of methoxy groups -OCH3 is 1. The molecule has 0 aliphatic heterocycles. The number of rotatable bonds is 5. The van der Waals surface area contributed by atoms with Crippen LogP contribution in [0.3, 0.4) is 0 Å². The van der Waals surface area contributed by atoms with Crippen LogP contribution in [0.15, 0.2) is 78.6 Å². The first kappa shape index (κ1) is 18.1. The van der Waals surface area contributed by atoms with Crippen molar-refractivity contribution in [1.29, 1.82) is 0 Å². The molecule has 0 spiro atoms. The Kier molecular flexibility index (Phi) is 4.53. The van der Waals surface area contributed by atoms with Crippen LogP contribution in [0.1, 0.15) is 10.5 Å². The third kappa shape index (κ3) is 3.33. The van der Waals surface area contributed by atoms with Crippen molar-refractivity contribution in [1.82, 2.24) is 19.2 Å². The number of ether oxygens (including phenoxy) is 1. The normalized spacial score (nSPS) is 11.0. The van der Waals surface area contributed by atoms with Gasteiger partial charge in [0.15, 0.2) is 16.4 Å². The van der Waals surface area contributed by atoms with Crippen molar-refractivity contribution in [3.8, 4) is 22.7 Å². The van der Waals surface area contributed by atoms with Gasteiger partial charge in [0.05, 0.1) is 24.7 Å². The van der Waals surface area contributed by atoms with Crippen molar-refractivity contribution in [2.75, 3.05) is 12.4 Å². The van der Waals surface area contributed by atoms with E-state index in [-0.39, 0.29) is 11.6 Å². The number of carbonyl (C=O) groups is 1. The number of anilines is 1. The van der Waals surface area contributed by atoms with E-state index in [1.165, 1.54) is 7.11 Å². The summed E-state index contributed by atoms with van der Waals surface area (Å²) >= 11 is 1.59. The maximum atomic E-state index is 12.8. The summed E-state index contributed by atoms with van der Waals surface area (Å²) < 4.78 is 8.97. The molecule has 0 atom stereocenters. The summed E-state index contributed by atoms with van der Waals surface area (Å²) in [7, 11) is 1.52. The van der Waals surface area contributed by atoms with Crippen LogP contribution < -0.4 is 10.1 Å². The Labute approximate surface area is 176 Å². The minimum absolute atomic E-state index is 0.222. The highest BCUT2D eigenvalue weighted by Crippen LogP contribution is 2.24. The molecule has 0 saturated carbocycles. The molecule has 3 aromatic heterocycles. The largest absolute Gasteiger partial charge is 0.493 e. The molecule has 2 aromatic carbocycles. The molecule has 3 heterocycles. The Morgan fingerprint density at radius 3 is 2.60 bits per heavy atom. The summed E-state index contributed by atoms with van der Waals surface area (Å²) in [6, 6.07) is 17.1. The average Bonchev–Trinajstić information content (AvgIpc) is 3.49. The smallest absolute Gasteiger partial charge is 0.280 e. The lowest BCUT2D eigenvalue weighted by Crippen LogP contribution is -2.14. The Morgan fingerprint density at radius 2 is 1.87 bits per heavy atom. The van der Waals surface area contributed by atoms with Crippen LogP contribution in [-0.4, -0.2) is 32.2 Å². The van der Waals surface area contributed by atoms with E-state index in [0.717, 1.165) is 21.9 Å². The van der Waals surface area contributed by atoms with E-state index in [9.17, 15) is 4.79 Å². The first-order chi connectivity index (χ1) is 14.7. The van der Waals surface area contributed by atoms with Crippen LogP contribution in [0.4, 0.5) is 5.69 Å². The fraction of sp³-hybridized carbons (Fsp3) is 0.0455. The van der Waals surface area contributed by atoms with Crippen molar-refractivity contribution in [3.63, 3.8) is 0 Å². The van der Waals surface area contributed by atoms with Crippen LogP contribution in [0.5, 0.6) is 5.75 Å². The fourth-order valence-electron chi connectivity index (χ4n) is 3.16. The molecule has 148 valence electrons. The second kappa shape index (κ2) is 7.49. The maximum absolute atomic E-state index is 12.8. The number of carbonyl (C=O) groups excluding carboxylic acids is 1. The van der Waals surface area contributed by atoms with Gasteiger partial charge in [0.25, 0.3) is 5.91 Å². The molecule has 0 radical (unpaired) electrons. The monoisotopic (exact) mass is 415 g/mol. The fourth-order valence-corrected chi connectivity index (χ4v) is 3.86. The van der Waals surface area contributed by atoms with Gasteiger partial charge in [-0.3, -0.25) is 9.20 Å². The number of nitrogens with one attached hydrogen (secondary N) is 1. The minimum Gasteiger partial charge on any atom is -0.493 e. The van der Waals surface area contributed by atoms with E-state index >= 15 is 0 Å². The van der Waals surface area contributed by atoms with E-state index in [0.29, 0.717) is 11.4 Å². The molecule has 0 aliphatic carbocycles. The number of thiazole rings is 1. The van der Waals surface area contributed by atoms with Gasteiger partial charge in [0, 0.05) is 29.0 Å². The predicted molar refractivity (Wildman–Crippen MR) is 117 cm³/mol. The van der Waals surface area contributed by atoms with E-state index in [2.05, 4.69) is 15.4 Å². The second-order valence-corrected chi connectivity index (χ2v) is 7.45. The molecule has 1 amide bonds. The molecule has 8 heteroatoms. The summed E-state index contributed by atoms with van der Waals surface area (Å²) in [5.74, 6) is 0.0721. The number of benzene rings is 2. The van der Waals surface area contributed by atoms with Crippen LogP contribution in [-0.2, 0) is 0 Å². The van der Waals surface area contributed by atoms with Gasteiger partial charge < -0.3 is 10.1 Å². The first-order valence-electron chi connectivity index (χ1n) is 9.24. The molecular weight excluding hydrogens is 398 g/mol. The summed E-state index contributed by atoms with van der Waals surface area (Å²) in [4.78, 5) is 18.3. The molecule has 0 aliphatic rings. The SMILES string of the molecule is COc1cn(-c2ccccc2)nc1C(=O)Nc1ccc(-c2cn3ccsc3n2)cc1. The van der Waals surface area contributed by atoms with E-state index < -0.39 is 0 Å². The van der Waals surface area contributed by atoms with Gasteiger partial charge in [-0.15, -0.1) is 11.3 Å². The third-order valence-electron chi connectivity index (χ3n) is 4.67. The van der Waals surface area contributed by atoms with Gasteiger partial charge in [-0.1, -0.05) is 30.3 Å². The van der Waals surface area contributed by atoms with Crippen LogP contribution in [0, 0.1) is 0 Å². The molecular formula is C22H17N5O2S. The van der Waals surface area contributed by atoms with E-state index in [4.69, 9.17) is 4.74 Å². The Hall–Kier alpha value is -3.91. The number of imidazole rings is 1. The van der Waals surface area contributed by atoms with Gasteiger partial charge in [-0.25, -0.2) is 9.67 Å². The molecule has 0 saturated heterocycles. The lowest BCUT2D eigenvalue weighted by Gasteiger charge is -2.05. The zero-order valence-electron chi connectivity index (χ0n) is 16.0. The lowest BCUT2D eigenvalue weighted by atomic mass is 10.1. The number of amides is 1. The van der Waals surface area contributed by atoms with Gasteiger partial charge >= 0.3 is 0 Å². The van der Waals surface area contributed by atoms with Gasteiger partial charge in [-0.05, 0) is 24.3 Å². The zero-order valence-corrected chi connectivity index (χ0v) is 16.8. The van der Waals surface area contributed by atoms with E-state index in [1.54, 1.807) is 22.2 Å². The molecule has 0 bridgehead atoms. The van der Waals surface area contributed by atoms with Gasteiger partial charge in [-0.2, -0.15) is 5.10 Å². The highest BCUT2D eigenvalue weighted by molar-refractivity contribution is 7.15. The van der Waals surface area contributed by atoms with Crippen molar-refractivity contribution in [3.05, 3.63) is 84.3 Å². The standard InChI is InChI=1S/C22H17N5O2S/c1-29-19-14-27(17-5-3-2-4-6-17)25-20(19)21(28)23-16-9-7-15(8-10-16)18-13-26-11-12-30-22(26)24-18/h2-14H,1H3,(H,23,28). The van der Waals surface area contributed by atoms with Crippen LogP contribution in [0.25, 0.3) is 21.9 Å².